The molecule has 104 heavy (non-hydrogen) atoms. The quantitative estimate of drug-likeness (QED) is 0.0221. The maximum absolute atomic E-state index is 14.9. The summed E-state index contributed by atoms with van der Waals surface area (Å²) >= 11 is 0. The van der Waals surface area contributed by atoms with Crippen LogP contribution >= 0.6 is 0 Å². The number of hydrogen-bond acceptors (Lipinski definition) is 23. The molecule has 1 saturated heterocycles. The SMILES string of the molecule is CC(=O)O[C@@H]1[C@H](C)C/C=C/O[C@H]2Oc3c(C)c(O)c4c(=O)c(c5oc6cc(N7CCC(NC(=O)CNC(=O)CNC(=O)CNC(=O)[C@H](C)NC(=O)CNC(=O)[C@H](C)NC(=O)CNC(=O)CNC(=O)CCN8C(=O)C=CC8=O)CC7)cc(O)c6nc-5c4c3C2=O)NC(=O)/C(C)=C\C=C\[C@H](C)CCC[C@H]1C. The molecule has 6 aliphatic rings. The molecule has 556 valence electrons. The number of rotatable bonds is 22. The summed E-state index contributed by atoms with van der Waals surface area (Å²) in [5.41, 5.74) is -1.16. The predicted molar refractivity (Wildman–Crippen MR) is 372 cm³/mol. The molecule has 0 radical (unpaired) electrons. The molecule has 1 aliphatic carbocycles. The highest BCUT2D eigenvalue weighted by Crippen LogP contribution is 2.49. The number of anilines is 2. The van der Waals surface area contributed by atoms with Crippen LogP contribution in [0.25, 0.3) is 33.3 Å². The number of fused-ring (bicyclic) bond motifs is 2. The molecule has 0 saturated carbocycles. The number of hydrogen-bond donors (Lipinski definition) is 12. The second-order valence-corrected chi connectivity index (χ2v) is 25.9. The second kappa shape index (κ2) is 35.2. The summed E-state index contributed by atoms with van der Waals surface area (Å²) in [6, 6.07) is 0.259. The topological polar surface area (TPSA) is 477 Å². The van der Waals surface area contributed by atoms with E-state index in [4.69, 9.17) is 23.6 Å². The monoisotopic (exact) mass is 1440 g/mol. The van der Waals surface area contributed by atoms with Crippen LogP contribution in [0.4, 0.5) is 11.4 Å². The van der Waals surface area contributed by atoms with E-state index in [0.29, 0.717) is 38.0 Å². The van der Waals surface area contributed by atoms with Crippen molar-refractivity contribution in [1.82, 2.24) is 57.7 Å². The van der Waals surface area contributed by atoms with Crippen molar-refractivity contribution in [3.63, 3.8) is 0 Å². The molecule has 34 nitrogen and oxygen atoms in total. The Morgan fingerprint density at radius 2 is 1.29 bits per heavy atom. The molecule has 1 fully saturated rings. The Morgan fingerprint density at radius 3 is 1.90 bits per heavy atom. The molecule has 12 N–H and O–H groups in total. The lowest BCUT2D eigenvalue weighted by Gasteiger charge is -2.34. The zero-order valence-corrected chi connectivity index (χ0v) is 58.6. The number of esters is 1. The zero-order chi connectivity index (χ0) is 75.8. The number of allylic oxidation sites excluding steroid dienone is 4. The van der Waals surface area contributed by atoms with Gasteiger partial charge in [0.2, 0.25) is 64.4 Å². The highest BCUT2D eigenvalue weighted by molar-refractivity contribution is 6.22. The number of ketones is 1. The van der Waals surface area contributed by atoms with Gasteiger partial charge in [-0.2, -0.15) is 0 Å². The number of imide groups is 1. The van der Waals surface area contributed by atoms with Gasteiger partial charge in [0.05, 0.1) is 56.5 Å². The summed E-state index contributed by atoms with van der Waals surface area (Å²) in [6.07, 6.45) is 11.7. The molecule has 2 aromatic rings. The summed E-state index contributed by atoms with van der Waals surface area (Å²) in [5, 5.41) is 47.0. The number of amides is 12. The Bertz CT molecular complexity index is 4230. The van der Waals surface area contributed by atoms with E-state index in [0.717, 1.165) is 36.3 Å². The van der Waals surface area contributed by atoms with Crippen LogP contribution in [0.15, 0.2) is 69.6 Å². The summed E-state index contributed by atoms with van der Waals surface area (Å²) in [5.74, 6) is -11.0. The minimum absolute atomic E-state index is 0.0133. The fourth-order valence-electron chi connectivity index (χ4n) is 12.0. The molecular weight excluding hydrogens is 1360 g/mol. The molecule has 5 aliphatic heterocycles. The average Bonchev–Trinajstić information content (AvgIpc) is 1.31. The van der Waals surface area contributed by atoms with Crippen LogP contribution in [0.3, 0.4) is 0 Å². The van der Waals surface area contributed by atoms with E-state index in [2.05, 4.69) is 53.2 Å². The Balaban J connectivity index is 0.805. The number of carbonyl (C=O) groups is 14. The maximum atomic E-state index is 14.9. The van der Waals surface area contributed by atoms with Gasteiger partial charge >= 0.3 is 12.3 Å². The number of nitrogens with zero attached hydrogens (tertiary/aromatic N) is 3. The van der Waals surface area contributed by atoms with E-state index >= 15 is 0 Å². The van der Waals surface area contributed by atoms with Crippen LogP contribution in [0.5, 0.6) is 17.2 Å². The summed E-state index contributed by atoms with van der Waals surface area (Å²) in [7, 11) is 0. The van der Waals surface area contributed by atoms with Gasteiger partial charge in [-0.1, -0.05) is 45.4 Å². The lowest BCUT2D eigenvalue weighted by Crippen LogP contribution is -2.52. The summed E-state index contributed by atoms with van der Waals surface area (Å²) < 4.78 is 24.2. The van der Waals surface area contributed by atoms with E-state index in [-0.39, 0.29) is 98.3 Å². The number of nitrogens with one attached hydrogen (secondary N) is 10. The summed E-state index contributed by atoms with van der Waals surface area (Å²) in [6.45, 7) is 10.1. The van der Waals surface area contributed by atoms with Gasteiger partial charge in [0.15, 0.2) is 11.3 Å². The number of phenols is 2. The molecule has 12 amide bonds. The first kappa shape index (κ1) is 78.0. The van der Waals surface area contributed by atoms with Gasteiger partial charge in [0.25, 0.3) is 17.7 Å². The molecule has 2 aromatic carbocycles. The van der Waals surface area contributed by atoms with Crippen LogP contribution < -0.4 is 68.2 Å². The van der Waals surface area contributed by atoms with E-state index in [9.17, 15) is 82.1 Å². The maximum Gasteiger partial charge on any atom is 0.304 e. The predicted octanol–water partition coefficient (Wildman–Crippen LogP) is 0.559. The molecule has 0 unspecified atom stereocenters. The van der Waals surface area contributed by atoms with Crippen LogP contribution in [0.1, 0.15) is 109 Å². The number of piperidine rings is 1. The van der Waals surface area contributed by atoms with Crippen LogP contribution in [-0.2, 0) is 71.8 Å². The smallest absolute Gasteiger partial charge is 0.304 e. The highest BCUT2D eigenvalue weighted by Gasteiger charge is 2.42. The normalized spacial score (nSPS) is 20.4. The van der Waals surface area contributed by atoms with Crippen molar-refractivity contribution >= 4 is 116 Å². The Labute approximate surface area is 595 Å². The van der Waals surface area contributed by atoms with E-state index in [1.54, 1.807) is 31.2 Å². The lowest BCUT2D eigenvalue weighted by molar-refractivity contribution is -0.152. The third-order valence-electron chi connectivity index (χ3n) is 17.7. The van der Waals surface area contributed by atoms with Crippen molar-refractivity contribution < 1.29 is 96.0 Å². The van der Waals surface area contributed by atoms with Crippen molar-refractivity contribution in [2.24, 2.45) is 17.8 Å². The zero-order valence-electron chi connectivity index (χ0n) is 58.6. The molecule has 34 heteroatoms. The first-order valence-corrected chi connectivity index (χ1v) is 33.9. The molecule has 0 spiro atoms. The molecule has 5 heterocycles. The van der Waals surface area contributed by atoms with Crippen molar-refractivity contribution in [2.75, 3.05) is 69.1 Å². The number of Topliss-reactive ketones (excluding diaryl/α,β-unsaturated/α-hetero) is 1. The fraction of sp³-hybridized carbons (Fsp3) is 0.457. The molecular formula is C70H85N13O21. The van der Waals surface area contributed by atoms with E-state index in [1.807, 2.05) is 31.7 Å². The minimum Gasteiger partial charge on any atom is -0.507 e. The number of ether oxygens (including phenoxy) is 3. The van der Waals surface area contributed by atoms with Crippen LogP contribution in [0, 0.1) is 24.7 Å². The van der Waals surface area contributed by atoms with Gasteiger partial charge in [0.1, 0.15) is 52.3 Å². The molecule has 4 bridgehead atoms. The van der Waals surface area contributed by atoms with Gasteiger partial charge in [-0.3, -0.25) is 76.8 Å². The largest absolute Gasteiger partial charge is 0.507 e. The molecule has 7 atom stereocenters. The minimum atomic E-state index is -1.58. The molecule has 8 rings (SSSR count). The van der Waals surface area contributed by atoms with Gasteiger partial charge in [-0.15, -0.1) is 0 Å². The number of benzene rings is 3. The number of carbonyl (C=O) groups excluding carboxylic acids is 14. The van der Waals surface area contributed by atoms with Crippen LogP contribution in [-0.4, -0.2) is 192 Å². The Kier molecular flexibility index (Phi) is 26.4. The van der Waals surface area contributed by atoms with Crippen molar-refractivity contribution in [3.8, 4) is 28.7 Å². The van der Waals surface area contributed by atoms with E-state index in [1.165, 1.54) is 40.0 Å². The lowest BCUT2D eigenvalue weighted by atomic mass is 9.86. The average molecular weight is 1440 g/mol. The van der Waals surface area contributed by atoms with Gasteiger partial charge in [0, 0.05) is 85.5 Å². The summed E-state index contributed by atoms with van der Waals surface area (Å²) in [4.78, 5) is 199. The van der Waals surface area contributed by atoms with Crippen molar-refractivity contribution in [3.05, 3.63) is 81.8 Å². The first-order valence-electron chi connectivity index (χ1n) is 33.9. The van der Waals surface area contributed by atoms with Crippen LogP contribution in [0.2, 0.25) is 0 Å². The van der Waals surface area contributed by atoms with Gasteiger partial charge in [-0.05, 0) is 83.6 Å². The number of phenolic OH excluding ortho intramolecular Hbond substituents is 2. The van der Waals surface area contributed by atoms with Crippen molar-refractivity contribution in [1.29, 1.82) is 0 Å². The number of aromatic nitrogens is 1. The van der Waals surface area contributed by atoms with Gasteiger partial charge in [-0.25, -0.2) is 4.98 Å². The van der Waals surface area contributed by atoms with Gasteiger partial charge < -0.3 is 86.9 Å². The first-order chi connectivity index (χ1) is 49.4. The Hall–Kier alpha value is -11.7. The van der Waals surface area contributed by atoms with E-state index < -0.39 is 163 Å². The standard InChI is InChI=1S/C70H85N13O21/c1-34-12-9-14-35(2)64(102-41(8)84)36(3)16-11-25-101-70-63(97)57-55-56(61(95)38(5)65(57)104-70)62(96)60(81-67(98)37(4)15-10-13-34)66-59(55)80-58-44(85)26-43(27-45(58)103-66)82-22-19-42(20-23-82)79-52(92)32-74-48(88)29-72-49(89)30-75-68(99)39(6)78-51(91)33-76-69(100)40(7)77-50(90)31-73-47(87)28-71-46(86)21-24-83-53(93)17-18-54(83)94/h10-11,13,15,17-18,25-27,34-36,39-40,42,64,70,85,95H,9,12,14,16,19-24,28-33H2,1-8H3,(H,71,86)(H,72,89)(H,73,87)(H,74,88)(H,75,99)(H,76,100)(H,77,90)(H,78,91)(H,79,92)(H,81,98)/b13-10+,25-11+,37-15-/t34-,35-,36-,39+,40+,64+,70+/m1/s1. The third-order valence-corrected chi connectivity index (χ3v) is 17.7. The fourth-order valence-corrected chi connectivity index (χ4v) is 12.0. The molecule has 0 aromatic heterocycles. The highest BCUT2D eigenvalue weighted by atomic mass is 16.7. The Morgan fingerprint density at radius 1 is 0.712 bits per heavy atom. The third kappa shape index (κ3) is 20.1. The van der Waals surface area contributed by atoms with Crippen molar-refractivity contribution in [2.45, 2.75) is 131 Å². The number of aromatic hydroxyl groups is 2. The second-order valence-electron chi connectivity index (χ2n) is 25.9.